The normalized spacial score (nSPS) is 23.0. The fourth-order valence-electron chi connectivity index (χ4n) is 15.9. The first-order chi connectivity index (χ1) is 51.3. The van der Waals surface area contributed by atoms with Crippen LogP contribution in [0.2, 0.25) is 0 Å². The Morgan fingerprint density at radius 2 is 1.49 bits per heavy atom. The molecule has 3 saturated heterocycles. The molecule has 2 saturated carbocycles. The predicted octanol–water partition coefficient (Wildman–Crippen LogP) is 6.40. The SMILES string of the molecule is COc1cc2c(cc1OCCCCCOC1CC3NC(O)[C@@H]4CC5(CC5)CN4C(=O)C3(Cc3ccc(NC(=O)[C@H](C)NC(=O)[C@@H](NC(=O)CNC(=O)CNC(=O)CCC(=O)N4Cc5ccccc5C#Cc5ccccc54)C(C)C)cc3)CC1OC)NC[C@@H]1CC(c3ccc(N4CCOCC4)cc3)=CN1C2=O. The molecule has 13 rings (SSSR count). The zero-order chi connectivity index (χ0) is 74.2. The van der Waals surface area contributed by atoms with Crippen LogP contribution in [0.1, 0.15) is 130 Å². The van der Waals surface area contributed by atoms with Gasteiger partial charge < -0.3 is 80.3 Å². The van der Waals surface area contributed by atoms with Crippen molar-refractivity contribution in [3.63, 3.8) is 0 Å². The number of rotatable bonds is 27. The number of nitrogens with zero attached hydrogens (tertiary/aromatic N) is 4. The molecule has 25 nitrogen and oxygen atoms in total. The first kappa shape index (κ1) is 74.4. The highest BCUT2D eigenvalue weighted by molar-refractivity contribution is 6.04. The van der Waals surface area contributed by atoms with Gasteiger partial charge in [0.1, 0.15) is 18.3 Å². The van der Waals surface area contributed by atoms with Crippen LogP contribution >= 0.6 is 0 Å². The van der Waals surface area contributed by atoms with E-state index in [-0.39, 0.29) is 60.7 Å². The molecule has 0 bridgehead atoms. The van der Waals surface area contributed by atoms with E-state index in [0.717, 1.165) is 99.1 Å². The summed E-state index contributed by atoms with van der Waals surface area (Å²) in [5.41, 5.74) is 7.91. The number of amides is 8. The molecule has 5 unspecified atom stereocenters. The van der Waals surface area contributed by atoms with Crippen molar-refractivity contribution in [3.8, 4) is 23.3 Å². The Morgan fingerprint density at radius 3 is 2.25 bits per heavy atom. The second-order valence-electron chi connectivity index (χ2n) is 29.7. The molecule has 25 heteroatoms. The third kappa shape index (κ3) is 16.9. The number of unbranched alkanes of at least 4 members (excludes halogenated alkanes) is 2. The summed E-state index contributed by atoms with van der Waals surface area (Å²) in [7, 11) is 3.23. The Morgan fingerprint density at radius 1 is 0.764 bits per heavy atom. The quantitative estimate of drug-likeness (QED) is 0.0208. The Hall–Kier alpha value is -9.84. The van der Waals surface area contributed by atoms with Gasteiger partial charge in [-0.3, -0.25) is 43.7 Å². The number of carbonyl (C=O) groups is 8. The summed E-state index contributed by atoms with van der Waals surface area (Å²) in [4.78, 5) is 117. The predicted molar refractivity (Wildman–Crippen MR) is 398 cm³/mol. The fourth-order valence-corrected chi connectivity index (χ4v) is 15.9. The molecule has 5 aromatic rings. The lowest BCUT2D eigenvalue weighted by molar-refractivity contribution is -0.158. The molecule has 0 aromatic heterocycles. The third-order valence-electron chi connectivity index (χ3n) is 22.2. The van der Waals surface area contributed by atoms with Crippen LogP contribution in [0.15, 0.2) is 115 Å². The highest BCUT2D eigenvalue weighted by Crippen LogP contribution is 2.58. The highest BCUT2D eigenvalue weighted by Gasteiger charge is 2.63. The van der Waals surface area contributed by atoms with Crippen molar-refractivity contribution >= 4 is 75.6 Å². The van der Waals surface area contributed by atoms with Crippen molar-refractivity contribution in [1.82, 2.24) is 36.4 Å². The number of para-hydroxylation sites is 1. The molecule has 8 amide bonds. The van der Waals surface area contributed by atoms with E-state index in [9.17, 15) is 38.7 Å². The van der Waals surface area contributed by atoms with E-state index < -0.39 is 84.4 Å². The minimum atomic E-state index is -1.08. The summed E-state index contributed by atoms with van der Waals surface area (Å²) < 4.78 is 30.5. The molecular formula is C81H97N11O14. The fraction of sp³-hybridized carbons (Fsp3) is 0.481. The van der Waals surface area contributed by atoms with Gasteiger partial charge in [-0.05, 0) is 153 Å². The van der Waals surface area contributed by atoms with Gasteiger partial charge in [0.15, 0.2) is 11.5 Å². The topological polar surface area (TPSA) is 300 Å². The summed E-state index contributed by atoms with van der Waals surface area (Å²) in [6, 6.07) is 31.3. The molecule has 8 aliphatic rings. The van der Waals surface area contributed by atoms with E-state index >= 15 is 4.79 Å². The molecule has 560 valence electrons. The number of morpholine rings is 1. The number of carbonyl (C=O) groups excluding carboxylic acids is 8. The zero-order valence-electron chi connectivity index (χ0n) is 61.0. The van der Waals surface area contributed by atoms with Crippen LogP contribution in [-0.4, -0.2) is 191 Å². The largest absolute Gasteiger partial charge is 0.493 e. The van der Waals surface area contributed by atoms with Crippen molar-refractivity contribution < 1.29 is 67.1 Å². The monoisotopic (exact) mass is 1450 g/mol. The van der Waals surface area contributed by atoms with Crippen LogP contribution in [0.25, 0.3) is 5.57 Å². The van der Waals surface area contributed by atoms with Crippen LogP contribution in [0.3, 0.4) is 0 Å². The Labute approximate surface area is 618 Å². The number of aliphatic hydroxyl groups is 1. The van der Waals surface area contributed by atoms with Crippen molar-refractivity contribution in [2.24, 2.45) is 16.7 Å². The van der Waals surface area contributed by atoms with Gasteiger partial charge in [0, 0.05) is 93.5 Å². The second kappa shape index (κ2) is 32.9. The van der Waals surface area contributed by atoms with E-state index in [1.165, 1.54) is 12.6 Å². The molecular weight excluding hydrogens is 1350 g/mol. The van der Waals surface area contributed by atoms with Crippen LogP contribution in [0, 0.1) is 28.6 Å². The summed E-state index contributed by atoms with van der Waals surface area (Å²) in [6.45, 7) is 9.50. The molecule has 5 aromatic carbocycles. The number of hydrogen-bond donors (Lipinski definition) is 8. The van der Waals surface area contributed by atoms with Gasteiger partial charge in [-0.25, -0.2) is 0 Å². The van der Waals surface area contributed by atoms with Gasteiger partial charge in [0.2, 0.25) is 41.4 Å². The molecule has 1 spiro atoms. The highest BCUT2D eigenvalue weighted by atomic mass is 16.5. The van der Waals surface area contributed by atoms with Gasteiger partial charge in [0.25, 0.3) is 5.91 Å². The van der Waals surface area contributed by atoms with E-state index in [0.29, 0.717) is 85.3 Å². The smallest absolute Gasteiger partial charge is 0.260 e. The molecule has 8 N–H and O–H groups in total. The second-order valence-corrected chi connectivity index (χ2v) is 29.7. The lowest BCUT2D eigenvalue weighted by Gasteiger charge is -2.48. The third-order valence-corrected chi connectivity index (χ3v) is 22.2. The summed E-state index contributed by atoms with van der Waals surface area (Å²) in [5, 5.41) is 32.2. The lowest BCUT2D eigenvalue weighted by Crippen LogP contribution is -2.61. The number of fused-ring (bicyclic) bond motifs is 6. The maximum atomic E-state index is 15.4. The number of ether oxygens (including phenoxy) is 5. The zero-order valence-corrected chi connectivity index (χ0v) is 61.0. The van der Waals surface area contributed by atoms with E-state index in [1.54, 1.807) is 51.2 Å². The maximum Gasteiger partial charge on any atom is 0.260 e. The van der Waals surface area contributed by atoms with Gasteiger partial charge in [-0.1, -0.05) is 80.3 Å². The minimum absolute atomic E-state index is 0.0153. The molecule has 9 atom stereocenters. The van der Waals surface area contributed by atoms with E-state index in [1.807, 2.05) is 82.7 Å². The van der Waals surface area contributed by atoms with Crippen molar-refractivity contribution in [3.05, 3.63) is 149 Å². The standard InChI is InChI=1S/C81H97N11O14/c1-50(2)74(88-72(95)46-84-71(94)45-83-70(93)27-28-73(96)91-47-56-15-8-7-13-53(56)19-20-55-14-9-10-16-63(55)91)77(99)85-51(3)75(97)86-58-23-17-52(18-24-58)41-81-43-68(103-5)67(40-69(81)87-76(98)64-42-80(29-30-80)49-92(64)79(81)101)106-34-12-6-11-33-105-66-39-62-61(38-65(66)102-4)78(100)90-48-57(37-60(90)44-82-62)54-21-25-59(26-22-54)89-31-35-104-36-32-89/h7-10,13-18,21-26,38-39,48,50-51,60,64,67-69,74,76,82,87,98H,6,11-12,27-37,40-47,49H2,1-5H3,(H,83,93)(H,84,94)(H,85,99)(H,86,97)(H,88,95)/t51-,60-,64-,67?,68?,69?,74-,76?,81?/m0/s1. The molecule has 0 radical (unpaired) electrons. The molecule has 6 heterocycles. The average molecular weight is 1450 g/mol. The molecule has 6 aliphatic heterocycles. The van der Waals surface area contributed by atoms with Crippen LogP contribution in [0.5, 0.6) is 11.5 Å². The number of anilines is 4. The minimum Gasteiger partial charge on any atom is -0.493 e. The Bertz CT molecular complexity index is 4200. The Kier molecular flexibility index (Phi) is 23.1. The van der Waals surface area contributed by atoms with Crippen molar-refractivity contribution in [2.45, 2.75) is 153 Å². The number of aliphatic hydroxyl groups excluding tert-OH is 1. The average Bonchev–Trinajstić information content (AvgIpc) is 1.55. The summed E-state index contributed by atoms with van der Waals surface area (Å²) in [6.07, 6.45) is 6.75. The number of hydrogen-bond acceptors (Lipinski definition) is 17. The van der Waals surface area contributed by atoms with E-state index in [4.69, 9.17) is 23.7 Å². The first-order valence-electron chi connectivity index (χ1n) is 37.2. The maximum absolute atomic E-state index is 15.4. The van der Waals surface area contributed by atoms with Crippen molar-refractivity contribution in [2.75, 3.05) is 100 Å². The van der Waals surface area contributed by atoms with E-state index in [2.05, 4.69) is 78.2 Å². The van der Waals surface area contributed by atoms with Gasteiger partial charge >= 0.3 is 0 Å². The number of benzene rings is 5. The van der Waals surface area contributed by atoms with Gasteiger partial charge in [-0.15, -0.1) is 0 Å². The number of nitrogens with one attached hydrogen (secondary N) is 7. The summed E-state index contributed by atoms with van der Waals surface area (Å²) >= 11 is 0. The molecule has 5 fully saturated rings. The lowest BCUT2D eigenvalue weighted by atomic mass is 9.64. The number of methoxy groups -OCH3 is 2. The van der Waals surface area contributed by atoms with Gasteiger partial charge in [-0.2, -0.15) is 0 Å². The summed E-state index contributed by atoms with van der Waals surface area (Å²) in [5.74, 6) is 3.53. The van der Waals surface area contributed by atoms with Crippen LogP contribution in [0.4, 0.5) is 22.7 Å². The molecule has 106 heavy (non-hydrogen) atoms. The van der Waals surface area contributed by atoms with Crippen LogP contribution < -0.4 is 56.5 Å². The molecule has 2 aliphatic carbocycles. The van der Waals surface area contributed by atoms with Crippen molar-refractivity contribution in [1.29, 1.82) is 0 Å². The van der Waals surface area contributed by atoms with Gasteiger partial charge in [0.05, 0.1) is 93.2 Å². The van der Waals surface area contributed by atoms with Crippen LogP contribution in [-0.2, 0) is 60.7 Å². The Balaban J connectivity index is 0.557. The first-order valence-corrected chi connectivity index (χ1v) is 37.2.